The molecule has 0 aromatic heterocycles. The lowest BCUT2D eigenvalue weighted by molar-refractivity contribution is -0.120. The van der Waals surface area contributed by atoms with Crippen LogP contribution in [0.4, 0.5) is 11.4 Å². The molecule has 4 rings (SSSR count). The zero-order chi connectivity index (χ0) is 21.4. The van der Waals surface area contributed by atoms with Crippen LogP contribution < -0.4 is 10.2 Å². The summed E-state index contributed by atoms with van der Waals surface area (Å²) in [5, 5.41) is 3.78. The van der Waals surface area contributed by atoms with E-state index >= 15 is 0 Å². The predicted octanol–water partition coefficient (Wildman–Crippen LogP) is 5.66. The summed E-state index contributed by atoms with van der Waals surface area (Å²) >= 11 is 6.08. The molecule has 1 heterocycles. The Balaban J connectivity index is 1.84. The lowest BCUT2D eigenvalue weighted by Crippen LogP contribution is -2.33. The van der Waals surface area contributed by atoms with Crippen LogP contribution in [-0.4, -0.2) is 11.8 Å². The Morgan fingerprint density at radius 1 is 0.800 bits per heavy atom. The van der Waals surface area contributed by atoms with Crippen molar-refractivity contribution in [1.29, 1.82) is 0 Å². The van der Waals surface area contributed by atoms with Crippen LogP contribution in [0.25, 0.3) is 5.57 Å². The number of hydrogen-bond donors (Lipinski definition) is 1. The highest BCUT2D eigenvalue weighted by Crippen LogP contribution is 2.35. The first-order valence-corrected chi connectivity index (χ1v) is 10.0. The topological polar surface area (TPSA) is 49.4 Å². The highest BCUT2D eigenvalue weighted by molar-refractivity contribution is 6.46. The van der Waals surface area contributed by atoms with Crippen molar-refractivity contribution in [2.75, 3.05) is 10.2 Å². The molecule has 3 aromatic rings. The second-order valence-corrected chi connectivity index (χ2v) is 7.93. The van der Waals surface area contributed by atoms with E-state index < -0.39 is 0 Å². The van der Waals surface area contributed by atoms with Gasteiger partial charge in [0.05, 0.1) is 11.3 Å². The molecule has 0 atom stereocenters. The van der Waals surface area contributed by atoms with Gasteiger partial charge in [0.15, 0.2) is 0 Å². The van der Waals surface area contributed by atoms with Crippen LogP contribution in [0.3, 0.4) is 0 Å². The monoisotopic (exact) mass is 416 g/mol. The first kappa shape index (κ1) is 19.9. The number of imide groups is 1. The summed E-state index contributed by atoms with van der Waals surface area (Å²) in [7, 11) is 0. The minimum absolute atomic E-state index is 0.269. The second kappa shape index (κ2) is 7.81. The molecular formula is C25H21ClN2O2. The van der Waals surface area contributed by atoms with Crippen molar-refractivity contribution in [1.82, 2.24) is 0 Å². The lowest BCUT2D eigenvalue weighted by Gasteiger charge is -2.18. The molecule has 3 aromatic carbocycles. The minimum Gasteiger partial charge on any atom is -0.350 e. The minimum atomic E-state index is -0.386. The van der Waals surface area contributed by atoms with Crippen LogP contribution >= 0.6 is 11.6 Å². The van der Waals surface area contributed by atoms with Gasteiger partial charge in [-0.15, -0.1) is 0 Å². The van der Waals surface area contributed by atoms with Crippen LogP contribution in [0, 0.1) is 20.8 Å². The number of amides is 2. The van der Waals surface area contributed by atoms with Gasteiger partial charge < -0.3 is 5.32 Å². The number of nitrogens with one attached hydrogen (secondary N) is 1. The maximum atomic E-state index is 13.5. The molecule has 0 saturated heterocycles. The zero-order valence-corrected chi connectivity index (χ0v) is 17.7. The van der Waals surface area contributed by atoms with Gasteiger partial charge in [-0.2, -0.15) is 0 Å². The normalized spacial score (nSPS) is 13.9. The Morgan fingerprint density at radius 2 is 1.47 bits per heavy atom. The number of carbonyl (C=O) groups is 2. The van der Waals surface area contributed by atoms with Crippen LogP contribution in [-0.2, 0) is 9.59 Å². The van der Waals surface area contributed by atoms with Crippen molar-refractivity contribution in [3.05, 3.63) is 99.7 Å². The molecule has 1 aliphatic rings. The summed E-state index contributed by atoms with van der Waals surface area (Å²) in [6.45, 7) is 5.82. The smallest absolute Gasteiger partial charge is 0.282 e. The lowest BCUT2D eigenvalue weighted by atomic mass is 10.0. The van der Waals surface area contributed by atoms with Gasteiger partial charge in [0.25, 0.3) is 11.8 Å². The molecule has 0 unspecified atom stereocenters. The Morgan fingerprint density at radius 3 is 2.10 bits per heavy atom. The Labute approximate surface area is 180 Å². The molecule has 4 nitrogen and oxygen atoms in total. The molecule has 2 amide bonds. The third kappa shape index (κ3) is 3.62. The quantitative estimate of drug-likeness (QED) is 0.558. The molecule has 0 fully saturated rings. The SMILES string of the molecule is Cc1cc(C)cc(NC2=C(c3ccccc3)C(=O)N(c3ccc(Cl)cc3C)C2=O)c1. The van der Waals surface area contributed by atoms with Gasteiger partial charge in [-0.1, -0.05) is 48.0 Å². The Bertz CT molecular complexity index is 1180. The molecule has 0 radical (unpaired) electrons. The van der Waals surface area contributed by atoms with E-state index in [1.807, 2.05) is 63.2 Å². The standard InChI is InChI=1S/C25H21ClN2O2/c1-15-11-16(2)13-20(12-15)27-23-22(18-7-5-4-6-8-18)24(29)28(25(23)30)21-10-9-19(26)14-17(21)3/h4-14,27H,1-3H3. The van der Waals surface area contributed by atoms with Gasteiger partial charge in [0.2, 0.25) is 0 Å². The number of halogens is 1. The van der Waals surface area contributed by atoms with Crippen molar-refractivity contribution >= 4 is 40.4 Å². The average molecular weight is 417 g/mol. The summed E-state index contributed by atoms with van der Waals surface area (Å²) in [6, 6.07) is 20.4. The van der Waals surface area contributed by atoms with E-state index in [0.717, 1.165) is 22.4 Å². The van der Waals surface area contributed by atoms with Gasteiger partial charge in [0, 0.05) is 10.7 Å². The molecule has 1 N–H and O–H groups in total. The van der Waals surface area contributed by atoms with E-state index in [4.69, 9.17) is 11.6 Å². The number of nitrogens with zero attached hydrogens (tertiary/aromatic N) is 1. The number of rotatable bonds is 4. The van der Waals surface area contributed by atoms with Crippen molar-refractivity contribution < 1.29 is 9.59 Å². The molecule has 0 spiro atoms. The van der Waals surface area contributed by atoms with Crippen molar-refractivity contribution in [2.45, 2.75) is 20.8 Å². The van der Waals surface area contributed by atoms with Gasteiger partial charge in [0.1, 0.15) is 5.70 Å². The highest BCUT2D eigenvalue weighted by Gasteiger charge is 2.40. The largest absolute Gasteiger partial charge is 0.350 e. The third-order valence-corrected chi connectivity index (χ3v) is 5.27. The van der Waals surface area contributed by atoms with Crippen LogP contribution in [0.2, 0.25) is 5.02 Å². The van der Waals surface area contributed by atoms with E-state index in [9.17, 15) is 9.59 Å². The Kier molecular flexibility index (Phi) is 5.18. The molecule has 5 heteroatoms. The van der Waals surface area contributed by atoms with Crippen LogP contribution in [0.5, 0.6) is 0 Å². The summed E-state index contributed by atoms with van der Waals surface area (Å²) in [5.74, 6) is -0.744. The van der Waals surface area contributed by atoms with Crippen molar-refractivity contribution in [3.8, 4) is 0 Å². The summed E-state index contributed by atoms with van der Waals surface area (Å²) < 4.78 is 0. The van der Waals surface area contributed by atoms with Gasteiger partial charge in [-0.05, 0) is 73.4 Å². The van der Waals surface area contributed by atoms with Crippen LogP contribution in [0.15, 0.2) is 72.4 Å². The second-order valence-electron chi connectivity index (χ2n) is 7.49. The molecular weight excluding hydrogens is 396 g/mol. The first-order valence-electron chi connectivity index (χ1n) is 9.65. The van der Waals surface area contributed by atoms with Gasteiger partial charge >= 0.3 is 0 Å². The van der Waals surface area contributed by atoms with E-state index in [1.54, 1.807) is 18.2 Å². The predicted molar refractivity (Wildman–Crippen MR) is 122 cm³/mol. The molecule has 1 aliphatic heterocycles. The number of anilines is 2. The number of aryl methyl sites for hydroxylation is 3. The zero-order valence-electron chi connectivity index (χ0n) is 17.0. The first-order chi connectivity index (χ1) is 14.3. The summed E-state index contributed by atoms with van der Waals surface area (Å²) in [5.41, 5.74) is 5.51. The fourth-order valence-electron chi connectivity index (χ4n) is 3.80. The Hall–Kier alpha value is -3.37. The molecule has 0 bridgehead atoms. The molecule has 0 aliphatic carbocycles. The van der Waals surface area contributed by atoms with E-state index in [0.29, 0.717) is 21.8 Å². The average Bonchev–Trinajstić information content (AvgIpc) is 2.92. The number of benzene rings is 3. The highest BCUT2D eigenvalue weighted by atomic mass is 35.5. The third-order valence-electron chi connectivity index (χ3n) is 5.04. The summed E-state index contributed by atoms with van der Waals surface area (Å²) in [4.78, 5) is 28.1. The van der Waals surface area contributed by atoms with Crippen molar-refractivity contribution in [2.24, 2.45) is 0 Å². The van der Waals surface area contributed by atoms with E-state index in [-0.39, 0.29) is 17.5 Å². The fourth-order valence-corrected chi connectivity index (χ4v) is 4.02. The molecule has 0 saturated carbocycles. The number of carbonyl (C=O) groups excluding carboxylic acids is 2. The van der Waals surface area contributed by atoms with E-state index in [1.165, 1.54) is 4.90 Å². The van der Waals surface area contributed by atoms with Gasteiger partial charge in [-0.25, -0.2) is 4.90 Å². The summed E-state index contributed by atoms with van der Waals surface area (Å²) in [6.07, 6.45) is 0. The number of hydrogen-bond acceptors (Lipinski definition) is 3. The maximum absolute atomic E-state index is 13.5. The maximum Gasteiger partial charge on any atom is 0.282 e. The van der Waals surface area contributed by atoms with E-state index in [2.05, 4.69) is 11.4 Å². The van der Waals surface area contributed by atoms with Crippen molar-refractivity contribution in [3.63, 3.8) is 0 Å². The molecule has 30 heavy (non-hydrogen) atoms. The van der Waals surface area contributed by atoms with Gasteiger partial charge in [-0.3, -0.25) is 9.59 Å². The fraction of sp³-hybridized carbons (Fsp3) is 0.120. The molecule has 150 valence electrons. The van der Waals surface area contributed by atoms with Crippen LogP contribution in [0.1, 0.15) is 22.3 Å².